The molecule has 5 N–H and O–H groups in total. The minimum absolute atomic E-state index is 0.0683. The first-order valence-electron chi connectivity index (χ1n) is 15.8. The van der Waals surface area contributed by atoms with Crippen molar-refractivity contribution in [2.24, 2.45) is 11.8 Å². The van der Waals surface area contributed by atoms with E-state index in [0.717, 1.165) is 5.56 Å². The summed E-state index contributed by atoms with van der Waals surface area (Å²) in [5.41, 5.74) is -2.15. The lowest BCUT2D eigenvalue weighted by atomic mass is 9.97. The van der Waals surface area contributed by atoms with Crippen molar-refractivity contribution in [1.29, 1.82) is 0 Å². The van der Waals surface area contributed by atoms with Crippen LogP contribution >= 0.6 is 0 Å². The SMILES string of the molecule is CC(C)C[C@H](NC(=O)N(Cc1ccccc1)C1CCN(C(=O)OC(C)(C)C)CC1)C(=O)N[C@@H](C[C@@H]1CCNC1=O)C(O)S(=O)(=O)O. The van der Waals surface area contributed by atoms with Crippen LogP contribution in [-0.2, 0) is 31.0 Å². The normalized spacial score (nSPS) is 19.6. The number of nitrogens with zero attached hydrogens (tertiary/aromatic N) is 2. The second kappa shape index (κ2) is 15.9. The summed E-state index contributed by atoms with van der Waals surface area (Å²) in [6.07, 6.45) is 0.870. The maximum atomic E-state index is 13.9. The predicted molar refractivity (Wildman–Crippen MR) is 170 cm³/mol. The molecule has 1 aromatic carbocycles. The first-order chi connectivity index (χ1) is 21.4. The van der Waals surface area contributed by atoms with Crippen molar-refractivity contribution in [3.05, 3.63) is 35.9 Å². The van der Waals surface area contributed by atoms with Gasteiger partial charge in [0.05, 0.1) is 6.04 Å². The third-order valence-corrected chi connectivity index (χ3v) is 8.95. The Morgan fingerprint density at radius 2 is 1.72 bits per heavy atom. The third-order valence-electron chi connectivity index (χ3n) is 8.01. The molecule has 15 heteroatoms. The highest BCUT2D eigenvalue weighted by atomic mass is 32.2. The smallest absolute Gasteiger partial charge is 0.410 e. The number of carbonyl (C=O) groups is 4. The van der Waals surface area contributed by atoms with Gasteiger partial charge in [0.2, 0.25) is 17.3 Å². The molecule has 1 unspecified atom stereocenters. The Labute approximate surface area is 271 Å². The van der Waals surface area contributed by atoms with Crippen molar-refractivity contribution in [3.8, 4) is 0 Å². The lowest BCUT2D eigenvalue weighted by Crippen LogP contribution is -2.58. The molecule has 1 aromatic rings. The van der Waals surface area contributed by atoms with Crippen LogP contribution in [0.5, 0.6) is 0 Å². The number of carbonyl (C=O) groups excluding carboxylic acids is 4. The van der Waals surface area contributed by atoms with E-state index in [-0.39, 0.29) is 37.3 Å². The van der Waals surface area contributed by atoms with Gasteiger partial charge in [0.1, 0.15) is 11.6 Å². The van der Waals surface area contributed by atoms with Crippen LogP contribution in [0.4, 0.5) is 9.59 Å². The molecule has 0 radical (unpaired) electrons. The van der Waals surface area contributed by atoms with E-state index in [1.165, 1.54) is 0 Å². The molecule has 2 aliphatic rings. The summed E-state index contributed by atoms with van der Waals surface area (Å²) in [5, 5.41) is 18.3. The first kappa shape index (κ1) is 37.0. The molecule has 258 valence electrons. The van der Waals surface area contributed by atoms with Crippen molar-refractivity contribution in [1.82, 2.24) is 25.8 Å². The van der Waals surface area contributed by atoms with Crippen molar-refractivity contribution < 1.29 is 42.0 Å². The van der Waals surface area contributed by atoms with Gasteiger partial charge < -0.3 is 35.6 Å². The Hall–Kier alpha value is -3.43. The Bertz CT molecular complexity index is 1310. The number of aliphatic hydroxyl groups is 1. The van der Waals surface area contributed by atoms with Gasteiger partial charge in [-0.05, 0) is 64.4 Å². The maximum Gasteiger partial charge on any atom is 0.410 e. The van der Waals surface area contributed by atoms with Gasteiger partial charge in [0, 0.05) is 38.1 Å². The Kier molecular flexibility index (Phi) is 12.8. The zero-order valence-corrected chi connectivity index (χ0v) is 28.1. The number of hydrogen-bond acceptors (Lipinski definition) is 8. The lowest BCUT2D eigenvalue weighted by molar-refractivity contribution is -0.126. The van der Waals surface area contributed by atoms with Gasteiger partial charge in [-0.25, -0.2) is 9.59 Å². The molecule has 2 aliphatic heterocycles. The minimum atomic E-state index is -4.99. The second-order valence-electron chi connectivity index (χ2n) is 13.5. The van der Waals surface area contributed by atoms with Gasteiger partial charge >= 0.3 is 12.1 Å². The van der Waals surface area contributed by atoms with E-state index < -0.39 is 57.2 Å². The highest BCUT2D eigenvalue weighted by molar-refractivity contribution is 7.86. The molecule has 2 fully saturated rings. The number of likely N-dealkylation sites (tertiary alicyclic amines) is 1. The Morgan fingerprint density at radius 1 is 1.09 bits per heavy atom. The topological polar surface area (TPSA) is 195 Å². The summed E-state index contributed by atoms with van der Waals surface area (Å²) >= 11 is 0. The maximum absolute atomic E-state index is 13.9. The van der Waals surface area contributed by atoms with Crippen LogP contribution in [0.1, 0.15) is 72.3 Å². The molecule has 0 saturated carbocycles. The van der Waals surface area contributed by atoms with E-state index >= 15 is 0 Å². The summed E-state index contributed by atoms with van der Waals surface area (Å²) in [4.78, 5) is 55.6. The van der Waals surface area contributed by atoms with Gasteiger partial charge in [-0.15, -0.1) is 0 Å². The first-order valence-corrected chi connectivity index (χ1v) is 17.3. The molecule has 0 aliphatic carbocycles. The minimum Gasteiger partial charge on any atom is -0.444 e. The highest BCUT2D eigenvalue weighted by Gasteiger charge is 2.39. The number of urea groups is 1. The van der Waals surface area contributed by atoms with E-state index in [1.54, 1.807) is 30.6 Å². The van der Waals surface area contributed by atoms with Gasteiger partial charge in [-0.1, -0.05) is 44.2 Å². The number of aliphatic hydroxyl groups excluding tert-OH is 1. The zero-order chi connectivity index (χ0) is 34.2. The highest BCUT2D eigenvalue weighted by Crippen LogP contribution is 2.23. The molecular formula is C31H49N5O9S. The predicted octanol–water partition coefficient (Wildman–Crippen LogP) is 2.23. The van der Waals surface area contributed by atoms with Crippen molar-refractivity contribution in [3.63, 3.8) is 0 Å². The Morgan fingerprint density at radius 3 is 2.24 bits per heavy atom. The average Bonchev–Trinajstić information content (AvgIpc) is 3.37. The van der Waals surface area contributed by atoms with E-state index in [1.807, 2.05) is 44.2 Å². The molecule has 0 spiro atoms. The van der Waals surface area contributed by atoms with Crippen LogP contribution in [-0.4, -0.2) is 101 Å². The monoisotopic (exact) mass is 667 g/mol. The summed E-state index contributed by atoms with van der Waals surface area (Å²) in [6, 6.07) is 5.93. The molecule has 14 nitrogen and oxygen atoms in total. The summed E-state index contributed by atoms with van der Waals surface area (Å²) in [6.45, 7) is 10.4. The largest absolute Gasteiger partial charge is 0.444 e. The fourth-order valence-corrected chi connectivity index (χ4v) is 6.28. The van der Waals surface area contributed by atoms with Crippen LogP contribution in [0.25, 0.3) is 0 Å². The fourth-order valence-electron chi connectivity index (χ4n) is 5.68. The number of ether oxygens (including phenoxy) is 1. The molecule has 0 aromatic heterocycles. The van der Waals surface area contributed by atoms with Gasteiger partial charge in [0.15, 0.2) is 0 Å². The molecule has 0 bridgehead atoms. The van der Waals surface area contributed by atoms with E-state index in [4.69, 9.17) is 4.74 Å². The Balaban J connectivity index is 1.79. The van der Waals surface area contributed by atoms with Crippen molar-refractivity contribution in [2.75, 3.05) is 19.6 Å². The second-order valence-corrected chi connectivity index (χ2v) is 15.0. The van der Waals surface area contributed by atoms with Crippen LogP contribution < -0.4 is 16.0 Å². The van der Waals surface area contributed by atoms with Crippen LogP contribution in [0.15, 0.2) is 30.3 Å². The number of amides is 5. The fraction of sp³-hybridized carbons (Fsp3) is 0.677. The van der Waals surface area contributed by atoms with Crippen molar-refractivity contribution in [2.45, 2.75) is 102 Å². The van der Waals surface area contributed by atoms with Gasteiger partial charge in [-0.3, -0.25) is 14.1 Å². The quantitative estimate of drug-likeness (QED) is 0.208. The number of nitrogens with one attached hydrogen (secondary N) is 3. The summed E-state index contributed by atoms with van der Waals surface area (Å²) < 4.78 is 38.8. The summed E-state index contributed by atoms with van der Waals surface area (Å²) in [5.74, 6) is -1.84. The third kappa shape index (κ3) is 11.1. The molecule has 5 amide bonds. The number of rotatable bonds is 12. The van der Waals surface area contributed by atoms with Crippen LogP contribution in [0.3, 0.4) is 0 Å². The van der Waals surface area contributed by atoms with Crippen LogP contribution in [0.2, 0.25) is 0 Å². The van der Waals surface area contributed by atoms with Crippen LogP contribution in [0, 0.1) is 11.8 Å². The van der Waals surface area contributed by atoms with Gasteiger partial charge in [0.25, 0.3) is 10.1 Å². The standard InChI is InChI=1S/C31H49N5O9S/c1-20(2)17-24(27(38)33-25(28(39)46(42,43)44)18-22-11-14-32-26(22)37)34-29(40)36(19-21-9-7-6-8-10-21)23-12-15-35(16-13-23)30(41)45-31(3,4)5/h6-10,20,22-25,28,39H,11-19H2,1-5H3,(H,32,37)(H,33,38)(H,34,40)(H,42,43,44)/t22-,24-,25-,28?/m0/s1. The van der Waals surface area contributed by atoms with E-state index in [2.05, 4.69) is 16.0 Å². The molecule has 4 atom stereocenters. The van der Waals surface area contributed by atoms with Gasteiger partial charge in [-0.2, -0.15) is 8.42 Å². The summed E-state index contributed by atoms with van der Waals surface area (Å²) in [7, 11) is -4.99. The molecular weight excluding hydrogens is 618 g/mol. The number of piperidine rings is 1. The van der Waals surface area contributed by atoms with E-state index in [0.29, 0.717) is 38.9 Å². The molecule has 2 heterocycles. The number of benzene rings is 1. The molecule has 3 rings (SSSR count). The zero-order valence-electron chi connectivity index (χ0n) is 27.3. The van der Waals surface area contributed by atoms with E-state index in [9.17, 15) is 37.3 Å². The molecule has 2 saturated heterocycles. The molecule has 46 heavy (non-hydrogen) atoms. The lowest BCUT2D eigenvalue weighted by Gasteiger charge is -2.39. The average molecular weight is 668 g/mol. The number of hydrogen-bond donors (Lipinski definition) is 5. The van der Waals surface area contributed by atoms with Crippen molar-refractivity contribution >= 4 is 34.1 Å².